The molecule has 0 amide bonds. The molecule has 1 aromatic rings. The third-order valence-electron chi connectivity index (χ3n) is 2.65. The Kier molecular flexibility index (Phi) is 5.89. The fourth-order valence-electron chi connectivity index (χ4n) is 1.60. The lowest BCUT2D eigenvalue weighted by molar-refractivity contribution is -0.109. The van der Waals surface area contributed by atoms with Gasteiger partial charge in [0.1, 0.15) is 0 Å². The van der Waals surface area contributed by atoms with E-state index < -0.39 is 8.07 Å². The number of thioether (sulfide) groups is 1. The molecule has 0 saturated carbocycles. The van der Waals surface area contributed by atoms with E-state index in [0.717, 1.165) is 12.2 Å². The largest absolute Gasteiger partial charge is 0.288 e. The number of carbonyl (C=O) groups is 1. The van der Waals surface area contributed by atoms with E-state index in [1.807, 2.05) is 0 Å². The second-order valence-electron chi connectivity index (χ2n) is 5.41. The minimum Gasteiger partial charge on any atom is -0.288 e. The smallest absolute Gasteiger partial charge is 0.185 e. The Morgan fingerprint density at radius 1 is 1.33 bits per heavy atom. The van der Waals surface area contributed by atoms with Crippen LogP contribution in [0.2, 0.25) is 19.6 Å². The molecule has 0 N–H and O–H groups in total. The van der Waals surface area contributed by atoms with Crippen LogP contribution in [0.15, 0.2) is 30.3 Å². The molecule has 0 bridgehead atoms. The topological polar surface area (TPSA) is 17.1 Å². The number of allylic oxidation sites excluding steroid dienone is 1. The van der Waals surface area contributed by atoms with Crippen LogP contribution in [0.25, 0.3) is 6.08 Å². The highest BCUT2D eigenvalue weighted by Gasteiger charge is 2.15. The molecule has 0 aliphatic heterocycles. The maximum Gasteiger partial charge on any atom is 0.185 e. The van der Waals surface area contributed by atoms with Gasteiger partial charge in [-0.15, -0.1) is 0 Å². The van der Waals surface area contributed by atoms with Gasteiger partial charge in [0, 0.05) is 12.7 Å². The van der Waals surface area contributed by atoms with E-state index >= 15 is 0 Å². The predicted octanol–water partition coefficient (Wildman–Crippen LogP) is 3.91. The Hall–Kier alpha value is -0.803. The molecule has 0 heterocycles. The summed E-state index contributed by atoms with van der Waals surface area (Å²) >= 11 is 1.39. The third-order valence-corrected chi connectivity index (χ3v) is 5.54. The van der Waals surface area contributed by atoms with Crippen LogP contribution >= 0.6 is 11.8 Å². The van der Waals surface area contributed by atoms with Gasteiger partial charge in [-0.3, -0.25) is 4.79 Å². The van der Waals surface area contributed by atoms with Crippen molar-refractivity contribution in [2.45, 2.75) is 33.0 Å². The Bertz CT molecular complexity index is 432. The number of carbonyl (C=O) groups excluding carboxylic acids is 1. The van der Waals surface area contributed by atoms with Crippen LogP contribution in [0, 0.1) is 0 Å². The molecular formula is C15H22OSSi. The van der Waals surface area contributed by atoms with Crippen molar-refractivity contribution in [3.8, 4) is 0 Å². The van der Waals surface area contributed by atoms with E-state index in [9.17, 15) is 4.79 Å². The average molecular weight is 278 g/mol. The van der Waals surface area contributed by atoms with Crippen molar-refractivity contribution in [2.24, 2.45) is 0 Å². The SMILES string of the molecule is CC(=O)SCCC=Cc1cccc([Si](C)(C)C)c1. The lowest BCUT2D eigenvalue weighted by atomic mass is 10.2. The van der Waals surface area contributed by atoms with E-state index in [1.54, 1.807) is 6.92 Å². The van der Waals surface area contributed by atoms with Crippen LogP contribution in [0.1, 0.15) is 18.9 Å². The molecule has 98 valence electrons. The summed E-state index contributed by atoms with van der Waals surface area (Å²) in [7, 11) is -1.22. The summed E-state index contributed by atoms with van der Waals surface area (Å²) in [5.74, 6) is 0.875. The second kappa shape index (κ2) is 6.95. The maximum atomic E-state index is 10.8. The predicted molar refractivity (Wildman–Crippen MR) is 86.2 cm³/mol. The van der Waals surface area contributed by atoms with Crippen LogP contribution in [-0.2, 0) is 4.79 Å². The minimum absolute atomic E-state index is 0.198. The van der Waals surface area contributed by atoms with Gasteiger partial charge in [0.05, 0.1) is 8.07 Å². The van der Waals surface area contributed by atoms with Crippen molar-refractivity contribution in [3.05, 3.63) is 35.9 Å². The second-order valence-corrected chi connectivity index (χ2v) is 11.8. The zero-order valence-corrected chi connectivity index (χ0v) is 13.5. The molecule has 0 radical (unpaired) electrons. The fraction of sp³-hybridized carbons (Fsp3) is 0.400. The summed E-state index contributed by atoms with van der Waals surface area (Å²) in [5, 5.41) is 1.69. The summed E-state index contributed by atoms with van der Waals surface area (Å²) in [6.07, 6.45) is 5.25. The van der Waals surface area contributed by atoms with Gasteiger partial charge in [-0.25, -0.2) is 0 Å². The quantitative estimate of drug-likeness (QED) is 0.600. The van der Waals surface area contributed by atoms with Crippen LogP contribution in [-0.4, -0.2) is 18.9 Å². The van der Waals surface area contributed by atoms with Crippen molar-refractivity contribution in [1.29, 1.82) is 0 Å². The summed E-state index contributed by atoms with van der Waals surface area (Å²) in [4.78, 5) is 10.8. The Morgan fingerprint density at radius 3 is 2.67 bits per heavy atom. The zero-order chi connectivity index (χ0) is 13.6. The number of hydrogen-bond donors (Lipinski definition) is 0. The molecule has 18 heavy (non-hydrogen) atoms. The van der Waals surface area contributed by atoms with Gasteiger partial charge in [-0.2, -0.15) is 0 Å². The molecule has 0 fully saturated rings. The van der Waals surface area contributed by atoms with Gasteiger partial charge in [-0.1, -0.05) is 73.0 Å². The van der Waals surface area contributed by atoms with E-state index in [4.69, 9.17) is 0 Å². The van der Waals surface area contributed by atoms with Gasteiger partial charge in [0.15, 0.2) is 5.12 Å². The highest BCUT2D eigenvalue weighted by atomic mass is 32.2. The Morgan fingerprint density at radius 2 is 2.06 bits per heavy atom. The van der Waals surface area contributed by atoms with E-state index in [0.29, 0.717) is 0 Å². The number of benzene rings is 1. The lowest BCUT2D eigenvalue weighted by Gasteiger charge is -2.16. The van der Waals surface area contributed by atoms with Gasteiger partial charge in [0.2, 0.25) is 0 Å². The van der Waals surface area contributed by atoms with Crippen molar-refractivity contribution in [2.75, 3.05) is 5.75 Å². The van der Waals surface area contributed by atoms with Crippen molar-refractivity contribution in [1.82, 2.24) is 0 Å². The average Bonchev–Trinajstić information content (AvgIpc) is 2.27. The molecule has 0 aliphatic rings. The molecule has 0 spiro atoms. The van der Waals surface area contributed by atoms with Crippen LogP contribution in [0.5, 0.6) is 0 Å². The van der Waals surface area contributed by atoms with Gasteiger partial charge >= 0.3 is 0 Å². The Labute approximate surface area is 116 Å². The first-order valence-electron chi connectivity index (χ1n) is 6.30. The molecule has 0 aromatic heterocycles. The minimum atomic E-state index is -1.22. The molecule has 1 aromatic carbocycles. The number of rotatable bonds is 5. The van der Waals surface area contributed by atoms with Gasteiger partial charge in [0.25, 0.3) is 0 Å². The molecule has 0 aliphatic carbocycles. The summed E-state index contributed by atoms with van der Waals surface area (Å²) < 4.78 is 0. The summed E-state index contributed by atoms with van der Waals surface area (Å²) in [6, 6.07) is 8.80. The van der Waals surface area contributed by atoms with E-state index in [2.05, 4.69) is 56.1 Å². The Balaban J connectivity index is 2.57. The molecule has 1 rings (SSSR count). The first-order chi connectivity index (χ1) is 8.39. The molecule has 0 atom stereocenters. The summed E-state index contributed by atoms with van der Waals surface area (Å²) in [6.45, 7) is 8.70. The first-order valence-corrected chi connectivity index (χ1v) is 10.8. The normalized spacial score (nSPS) is 12.0. The molecular weight excluding hydrogens is 256 g/mol. The maximum absolute atomic E-state index is 10.8. The summed E-state index contributed by atoms with van der Waals surface area (Å²) in [5.41, 5.74) is 1.27. The fourth-order valence-corrected chi connectivity index (χ4v) is 3.34. The third kappa shape index (κ3) is 5.69. The zero-order valence-electron chi connectivity index (χ0n) is 11.7. The lowest BCUT2D eigenvalue weighted by Crippen LogP contribution is -2.37. The van der Waals surface area contributed by atoms with Gasteiger partial charge in [-0.05, 0) is 12.0 Å². The first kappa shape index (κ1) is 15.3. The van der Waals surface area contributed by atoms with Crippen molar-refractivity contribution < 1.29 is 4.79 Å². The van der Waals surface area contributed by atoms with Crippen molar-refractivity contribution in [3.63, 3.8) is 0 Å². The van der Waals surface area contributed by atoms with Crippen molar-refractivity contribution >= 4 is 36.2 Å². The standard InChI is InChI=1S/C15H22OSSi/c1-13(16)17-11-6-5-8-14-9-7-10-15(12-14)18(2,3)4/h5,7-10,12H,6,11H2,1-4H3. The molecule has 1 nitrogen and oxygen atoms in total. The van der Waals surface area contributed by atoms with Gasteiger partial charge < -0.3 is 0 Å². The monoisotopic (exact) mass is 278 g/mol. The van der Waals surface area contributed by atoms with E-state index in [-0.39, 0.29) is 5.12 Å². The highest BCUT2D eigenvalue weighted by molar-refractivity contribution is 8.13. The molecule has 0 saturated heterocycles. The van der Waals surface area contributed by atoms with Crippen LogP contribution < -0.4 is 5.19 Å². The van der Waals surface area contributed by atoms with Crippen LogP contribution in [0.4, 0.5) is 0 Å². The number of hydrogen-bond acceptors (Lipinski definition) is 2. The van der Waals surface area contributed by atoms with Crippen LogP contribution in [0.3, 0.4) is 0 Å². The van der Waals surface area contributed by atoms with E-state index in [1.165, 1.54) is 22.5 Å². The molecule has 3 heteroatoms. The highest BCUT2D eigenvalue weighted by Crippen LogP contribution is 2.08. The molecule has 0 unspecified atom stereocenters.